The Bertz CT molecular complexity index is 442. The molecule has 0 bridgehead atoms. The fourth-order valence-electron chi connectivity index (χ4n) is 1.46. The van der Waals surface area contributed by atoms with E-state index in [0.29, 0.717) is 0 Å². The lowest BCUT2D eigenvalue weighted by Gasteiger charge is -1.94. The van der Waals surface area contributed by atoms with E-state index in [1.165, 1.54) is 16.5 Å². The molecule has 0 saturated heterocycles. The molecule has 0 aliphatic carbocycles. The topological polar surface area (TPSA) is 15.8 Å². The number of rotatable bonds is 3. The van der Waals surface area contributed by atoms with Crippen molar-refractivity contribution in [2.24, 2.45) is 0 Å². The predicted octanol–water partition coefficient (Wildman–Crippen LogP) is 3.50. The lowest BCUT2D eigenvalue weighted by molar-refractivity contribution is 1.26. The summed E-state index contributed by atoms with van der Waals surface area (Å²) in [5, 5.41) is 1.26. The number of aromatic amines is 1. The maximum atomic E-state index is 4.16. The molecule has 0 aliphatic rings. The second kappa shape index (κ2) is 4.38. The molecule has 72 valence electrons. The molecule has 0 amide bonds. The van der Waals surface area contributed by atoms with Crippen LogP contribution in [0.1, 0.15) is 12.0 Å². The van der Waals surface area contributed by atoms with E-state index in [2.05, 4.69) is 54.0 Å². The van der Waals surface area contributed by atoms with Gasteiger partial charge in [0.05, 0.1) is 0 Å². The zero-order valence-electron chi connectivity index (χ0n) is 7.90. The minimum absolute atomic E-state index is 0.904. The van der Waals surface area contributed by atoms with Gasteiger partial charge in [-0.05, 0) is 35.3 Å². The highest BCUT2D eigenvalue weighted by atomic mass is 32.1. The van der Waals surface area contributed by atoms with Crippen LogP contribution in [-0.2, 0) is 0 Å². The van der Waals surface area contributed by atoms with E-state index in [9.17, 15) is 0 Å². The van der Waals surface area contributed by atoms with Crippen molar-refractivity contribution in [2.45, 2.75) is 6.42 Å². The van der Waals surface area contributed by atoms with E-state index >= 15 is 0 Å². The number of hydrogen-bond donors (Lipinski definition) is 2. The first-order chi connectivity index (χ1) is 6.90. The maximum absolute atomic E-state index is 4.16. The number of nitrogens with one attached hydrogen (secondary N) is 1. The Morgan fingerprint density at radius 2 is 2.21 bits per heavy atom. The van der Waals surface area contributed by atoms with Gasteiger partial charge in [-0.1, -0.05) is 24.3 Å². The molecule has 2 aromatic rings. The Kier molecular flexibility index (Phi) is 2.94. The Balaban J connectivity index is 2.25. The third-order valence-corrected chi connectivity index (χ3v) is 2.44. The van der Waals surface area contributed by atoms with Crippen molar-refractivity contribution in [3.05, 3.63) is 42.1 Å². The summed E-state index contributed by atoms with van der Waals surface area (Å²) < 4.78 is 0. The highest BCUT2D eigenvalue weighted by Gasteiger charge is 1.93. The number of fused-ring (bicyclic) bond motifs is 1. The van der Waals surface area contributed by atoms with Crippen LogP contribution in [0.25, 0.3) is 17.0 Å². The van der Waals surface area contributed by atoms with E-state index in [1.807, 2.05) is 6.20 Å². The molecule has 1 heterocycles. The fraction of sp³-hybridized carbons (Fsp3) is 0.167. The monoisotopic (exact) mass is 203 g/mol. The van der Waals surface area contributed by atoms with E-state index in [-0.39, 0.29) is 0 Å². The van der Waals surface area contributed by atoms with Crippen LogP contribution >= 0.6 is 12.6 Å². The number of allylic oxidation sites excluding steroid dienone is 1. The van der Waals surface area contributed by atoms with Gasteiger partial charge in [-0.25, -0.2) is 0 Å². The molecule has 1 aromatic heterocycles. The highest BCUT2D eigenvalue weighted by Crippen LogP contribution is 2.15. The van der Waals surface area contributed by atoms with Gasteiger partial charge in [0.15, 0.2) is 0 Å². The van der Waals surface area contributed by atoms with Gasteiger partial charge in [0.25, 0.3) is 0 Å². The number of aromatic nitrogens is 1. The van der Waals surface area contributed by atoms with Crippen LogP contribution in [0.15, 0.2) is 36.5 Å². The van der Waals surface area contributed by atoms with Crippen LogP contribution in [0.4, 0.5) is 0 Å². The standard InChI is InChI=1S/C12H13NS/c14-8-2-1-3-10-4-5-11-6-7-13-12(11)9-10/h1,3-7,9,13-14H,2,8H2. The molecule has 1 N–H and O–H groups in total. The highest BCUT2D eigenvalue weighted by molar-refractivity contribution is 7.80. The Labute approximate surface area is 89.2 Å². The molecule has 1 nitrogen and oxygen atoms in total. The van der Waals surface area contributed by atoms with Crippen molar-refractivity contribution in [3.8, 4) is 0 Å². The minimum atomic E-state index is 0.904. The molecule has 0 radical (unpaired) electrons. The van der Waals surface area contributed by atoms with Gasteiger partial charge in [-0.3, -0.25) is 0 Å². The quantitative estimate of drug-likeness (QED) is 0.710. The molecule has 1 aromatic carbocycles. The molecule has 0 unspecified atom stereocenters. The Morgan fingerprint density at radius 3 is 3.07 bits per heavy atom. The second-order valence-corrected chi connectivity index (χ2v) is 3.69. The lowest BCUT2D eigenvalue weighted by Crippen LogP contribution is -1.73. The van der Waals surface area contributed by atoms with Crippen LogP contribution < -0.4 is 0 Å². The van der Waals surface area contributed by atoms with Crippen molar-refractivity contribution in [2.75, 3.05) is 5.75 Å². The van der Waals surface area contributed by atoms with Crippen LogP contribution in [-0.4, -0.2) is 10.7 Å². The Hall–Kier alpha value is -1.15. The molecule has 0 fully saturated rings. The fourth-order valence-corrected chi connectivity index (χ4v) is 1.61. The van der Waals surface area contributed by atoms with Gasteiger partial charge in [0, 0.05) is 11.7 Å². The molecule has 2 rings (SSSR count). The number of hydrogen-bond acceptors (Lipinski definition) is 1. The summed E-state index contributed by atoms with van der Waals surface area (Å²) in [6.45, 7) is 0. The first-order valence-electron chi connectivity index (χ1n) is 4.75. The maximum Gasteiger partial charge on any atom is 0.0459 e. The summed E-state index contributed by atoms with van der Waals surface area (Å²) in [7, 11) is 0. The van der Waals surface area contributed by atoms with Crippen molar-refractivity contribution in [3.63, 3.8) is 0 Å². The minimum Gasteiger partial charge on any atom is -0.361 e. The smallest absolute Gasteiger partial charge is 0.0459 e. The van der Waals surface area contributed by atoms with Crippen LogP contribution in [0.3, 0.4) is 0 Å². The third-order valence-electron chi connectivity index (χ3n) is 2.19. The van der Waals surface area contributed by atoms with E-state index < -0.39 is 0 Å². The predicted molar refractivity (Wildman–Crippen MR) is 65.8 cm³/mol. The van der Waals surface area contributed by atoms with E-state index in [1.54, 1.807) is 0 Å². The summed E-state index contributed by atoms with van der Waals surface area (Å²) in [6.07, 6.45) is 7.27. The molecular weight excluding hydrogens is 190 g/mol. The van der Waals surface area contributed by atoms with Crippen molar-refractivity contribution >= 4 is 29.6 Å². The number of H-pyrrole nitrogens is 1. The van der Waals surface area contributed by atoms with Gasteiger partial charge >= 0.3 is 0 Å². The zero-order valence-corrected chi connectivity index (χ0v) is 8.80. The molecular formula is C12H13NS. The molecule has 0 atom stereocenters. The van der Waals surface area contributed by atoms with Crippen molar-refractivity contribution < 1.29 is 0 Å². The van der Waals surface area contributed by atoms with Gasteiger partial charge in [0.2, 0.25) is 0 Å². The summed E-state index contributed by atoms with van der Waals surface area (Å²) in [5.74, 6) is 0.904. The Morgan fingerprint density at radius 1 is 1.29 bits per heavy atom. The van der Waals surface area contributed by atoms with Gasteiger partial charge < -0.3 is 4.98 Å². The van der Waals surface area contributed by atoms with Gasteiger partial charge in [0.1, 0.15) is 0 Å². The van der Waals surface area contributed by atoms with Crippen molar-refractivity contribution in [1.82, 2.24) is 4.98 Å². The molecule has 0 saturated carbocycles. The average Bonchev–Trinajstić information content (AvgIpc) is 2.65. The number of benzene rings is 1. The first kappa shape index (κ1) is 9.41. The summed E-state index contributed by atoms with van der Waals surface area (Å²) in [5.41, 5.74) is 2.43. The van der Waals surface area contributed by atoms with Gasteiger partial charge in [-0.15, -0.1) is 0 Å². The van der Waals surface area contributed by atoms with Crippen LogP contribution in [0.2, 0.25) is 0 Å². The lowest BCUT2D eigenvalue weighted by atomic mass is 10.1. The summed E-state index contributed by atoms with van der Waals surface area (Å²) in [4.78, 5) is 3.20. The first-order valence-corrected chi connectivity index (χ1v) is 5.38. The number of thiol groups is 1. The molecule has 14 heavy (non-hydrogen) atoms. The normalized spacial score (nSPS) is 11.5. The van der Waals surface area contributed by atoms with E-state index in [4.69, 9.17) is 0 Å². The second-order valence-electron chi connectivity index (χ2n) is 3.24. The molecule has 0 spiro atoms. The molecule has 2 heteroatoms. The van der Waals surface area contributed by atoms with Crippen LogP contribution in [0.5, 0.6) is 0 Å². The zero-order chi connectivity index (χ0) is 9.80. The summed E-state index contributed by atoms with van der Waals surface area (Å²) >= 11 is 4.16. The average molecular weight is 203 g/mol. The SMILES string of the molecule is SCCC=Cc1ccc2cc[nH]c2c1. The third kappa shape index (κ3) is 2.02. The summed E-state index contributed by atoms with van der Waals surface area (Å²) in [6, 6.07) is 8.50. The van der Waals surface area contributed by atoms with Crippen LogP contribution in [0, 0.1) is 0 Å². The van der Waals surface area contributed by atoms with Crippen molar-refractivity contribution in [1.29, 1.82) is 0 Å². The van der Waals surface area contributed by atoms with Gasteiger partial charge in [-0.2, -0.15) is 12.6 Å². The molecule has 0 aliphatic heterocycles. The van der Waals surface area contributed by atoms with E-state index in [0.717, 1.165) is 12.2 Å². The largest absolute Gasteiger partial charge is 0.361 e.